The summed E-state index contributed by atoms with van der Waals surface area (Å²) < 4.78 is 0.298. The molecule has 0 bridgehead atoms. The summed E-state index contributed by atoms with van der Waals surface area (Å²) in [5.74, 6) is 8.23. The van der Waals surface area contributed by atoms with Crippen LogP contribution in [0, 0.1) is 0 Å². The SMILES string of the molecule is CC1(C)CN(c2cccc(NN)n2)CCS1. The number of nitrogens with one attached hydrogen (secondary N) is 1. The second-order valence-corrected chi connectivity index (χ2v) is 6.36. The standard InChI is InChI=1S/C11H18N4S/c1-11(2)8-15(6-7-16-11)10-5-3-4-9(13-10)14-12/h3-5H,6-8,12H2,1-2H3,(H,13,14). The molecule has 5 heteroatoms. The Morgan fingerprint density at radius 1 is 1.50 bits per heavy atom. The van der Waals surface area contributed by atoms with E-state index in [9.17, 15) is 0 Å². The van der Waals surface area contributed by atoms with Crippen molar-refractivity contribution in [3.63, 3.8) is 0 Å². The summed E-state index contributed by atoms with van der Waals surface area (Å²) in [6.45, 7) is 6.62. The topological polar surface area (TPSA) is 54.2 Å². The van der Waals surface area contributed by atoms with Crippen LogP contribution in [-0.4, -0.2) is 28.6 Å². The van der Waals surface area contributed by atoms with Crippen molar-refractivity contribution >= 4 is 23.4 Å². The summed E-state index contributed by atoms with van der Waals surface area (Å²) in [4.78, 5) is 6.78. The number of thioether (sulfide) groups is 1. The van der Waals surface area contributed by atoms with Gasteiger partial charge in [-0.15, -0.1) is 0 Å². The Hall–Kier alpha value is -0.940. The number of nitrogens with zero attached hydrogens (tertiary/aromatic N) is 2. The van der Waals surface area contributed by atoms with Crippen molar-refractivity contribution in [2.24, 2.45) is 5.84 Å². The van der Waals surface area contributed by atoms with Crippen molar-refractivity contribution in [3.05, 3.63) is 18.2 Å². The van der Waals surface area contributed by atoms with Crippen LogP contribution in [0.2, 0.25) is 0 Å². The fourth-order valence-corrected chi connectivity index (χ4v) is 3.00. The Morgan fingerprint density at radius 3 is 3.00 bits per heavy atom. The quantitative estimate of drug-likeness (QED) is 0.607. The van der Waals surface area contributed by atoms with Gasteiger partial charge in [0.2, 0.25) is 0 Å². The molecule has 0 aliphatic carbocycles. The van der Waals surface area contributed by atoms with Gasteiger partial charge in [0, 0.05) is 23.6 Å². The van der Waals surface area contributed by atoms with E-state index in [1.807, 2.05) is 30.0 Å². The summed E-state index contributed by atoms with van der Waals surface area (Å²) in [5, 5.41) is 0. The summed E-state index contributed by atoms with van der Waals surface area (Å²) in [6, 6.07) is 5.88. The van der Waals surface area contributed by atoms with E-state index in [1.54, 1.807) is 0 Å². The molecule has 1 aliphatic rings. The van der Waals surface area contributed by atoms with E-state index in [4.69, 9.17) is 5.84 Å². The Morgan fingerprint density at radius 2 is 2.31 bits per heavy atom. The van der Waals surface area contributed by atoms with Crippen LogP contribution in [0.25, 0.3) is 0 Å². The number of rotatable bonds is 2. The van der Waals surface area contributed by atoms with E-state index in [2.05, 4.69) is 29.2 Å². The minimum Gasteiger partial charge on any atom is -0.354 e. The summed E-state index contributed by atoms with van der Waals surface area (Å²) in [7, 11) is 0. The third-order valence-electron chi connectivity index (χ3n) is 2.63. The first-order chi connectivity index (χ1) is 7.61. The van der Waals surface area contributed by atoms with Crippen molar-refractivity contribution in [2.75, 3.05) is 29.2 Å². The molecule has 0 spiro atoms. The van der Waals surface area contributed by atoms with Crippen molar-refractivity contribution in [2.45, 2.75) is 18.6 Å². The highest BCUT2D eigenvalue weighted by atomic mass is 32.2. The fourth-order valence-electron chi connectivity index (χ4n) is 1.89. The molecule has 2 rings (SSSR count). The molecule has 0 amide bonds. The molecule has 0 aromatic carbocycles. The van der Waals surface area contributed by atoms with Crippen LogP contribution in [0.4, 0.5) is 11.6 Å². The smallest absolute Gasteiger partial charge is 0.142 e. The van der Waals surface area contributed by atoms with Crippen molar-refractivity contribution < 1.29 is 0 Å². The first-order valence-corrected chi connectivity index (χ1v) is 6.42. The highest BCUT2D eigenvalue weighted by Gasteiger charge is 2.27. The lowest BCUT2D eigenvalue weighted by Crippen LogP contribution is -2.43. The van der Waals surface area contributed by atoms with Crippen molar-refractivity contribution in [1.29, 1.82) is 0 Å². The van der Waals surface area contributed by atoms with Crippen LogP contribution in [0.5, 0.6) is 0 Å². The van der Waals surface area contributed by atoms with E-state index in [-0.39, 0.29) is 0 Å². The Bertz CT molecular complexity index is 367. The number of aromatic nitrogens is 1. The van der Waals surface area contributed by atoms with Gasteiger partial charge in [-0.25, -0.2) is 10.8 Å². The van der Waals surface area contributed by atoms with Crippen molar-refractivity contribution in [1.82, 2.24) is 4.98 Å². The molecule has 1 aliphatic heterocycles. The number of anilines is 2. The molecule has 88 valence electrons. The lowest BCUT2D eigenvalue weighted by Gasteiger charge is -2.38. The lowest BCUT2D eigenvalue weighted by molar-refractivity contribution is 0.642. The Labute approximate surface area is 101 Å². The molecule has 1 saturated heterocycles. The molecule has 0 radical (unpaired) electrons. The molecule has 0 saturated carbocycles. The van der Waals surface area contributed by atoms with Gasteiger partial charge in [0.05, 0.1) is 0 Å². The van der Waals surface area contributed by atoms with E-state index in [0.717, 1.165) is 24.7 Å². The average molecular weight is 238 g/mol. The molecule has 2 heterocycles. The molecule has 1 aromatic rings. The Balaban J connectivity index is 2.16. The number of hydrogen-bond acceptors (Lipinski definition) is 5. The second-order valence-electron chi connectivity index (χ2n) is 4.56. The van der Waals surface area contributed by atoms with Crippen LogP contribution in [0.3, 0.4) is 0 Å². The van der Waals surface area contributed by atoms with Crippen LogP contribution < -0.4 is 16.2 Å². The molecule has 3 N–H and O–H groups in total. The number of nitrogens with two attached hydrogens (primary N) is 1. The van der Waals surface area contributed by atoms with Gasteiger partial charge in [-0.1, -0.05) is 6.07 Å². The molecule has 16 heavy (non-hydrogen) atoms. The van der Waals surface area contributed by atoms with Gasteiger partial charge < -0.3 is 10.3 Å². The van der Waals surface area contributed by atoms with Crippen LogP contribution in [-0.2, 0) is 0 Å². The first-order valence-electron chi connectivity index (χ1n) is 5.43. The summed E-state index contributed by atoms with van der Waals surface area (Å²) in [6.07, 6.45) is 0. The van der Waals surface area contributed by atoms with Crippen LogP contribution in [0.1, 0.15) is 13.8 Å². The minimum atomic E-state index is 0.298. The zero-order valence-electron chi connectivity index (χ0n) is 9.73. The van der Waals surface area contributed by atoms with Crippen LogP contribution in [0.15, 0.2) is 18.2 Å². The predicted octanol–water partition coefficient (Wildman–Crippen LogP) is 1.70. The lowest BCUT2D eigenvalue weighted by atomic mass is 10.2. The normalized spacial score (nSPS) is 19.6. The summed E-state index contributed by atoms with van der Waals surface area (Å²) >= 11 is 2.02. The molecule has 4 nitrogen and oxygen atoms in total. The maximum Gasteiger partial charge on any atom is 0.142 e. The monoisotopic (exact) mass is 238 g/mol. The molecule has 1 fully saturated rings. The predicted molar refractivity (Wildman–Crippen MR) is 70.8 cm³/mol. The molecular weight excluding hydrogens is 220 g/mol. The number of pyridine rings is 1. The van der Waals surface area contributed by atoms with Gasteiger partial charge in [-0.3, -0.25) is 0 Å². The van der Waals surface area contributed by atoms with Gasteiger partial charge >= 0.3 is 0 Å². The largest absolute Gasteiger partial charge is 0.354 e. The summed E-state index contributed by atoms with van der Waals surface area (Å²) in [5.41, 5.74) is 2.58. The first kappa shape index (κ1) is 11.5. The highest BCUT2D eigenvalue weighted by molar-refractivity contribution is 8.00. The van der Waals surface area contributed by atoms with Crippen molar-refractivity contribution in [3.8, 4) is 0 Å². The Kier molecular flexibility index (Phi) is 3.25. The zero-order chi connectivity index (χ0) is 11.6. The zero-order valence-corrected chi connectivity index (χ0v) is 10.5. The number of hydrazine groups is 1. The maximum absolute atomic E-state index is 5.37. The molecule has 0 atom stereocenters. The van der Waals surface area contributed by atoms with Gasteiger partial charge in [0.1, 0.15) is 11.6 Å². The third kappa shape index (κ3) is 2.59. The van der Waals surface area contributed by atoms with Gasteiger partial charge in [-0.2, -0.15) is 11.8 Å². The van der Waals surface area contributed by atoms with E-state index < -0.39 is 0 Å². The highest BCUT2D eigenvalue weighted by Crippen LogP contribution is 2.31. The fraction of sp³-hybridized carbons (Fsp3) is 0.545. The van der Waals surface area contributed by atoms with E-state index in [1.165, 1.54) is 0 Å². The third-order valence-corrected chi connectivity index (χ3v) is 3.93. The van der Waals surface area contributed by atoms with Crippen LogP contribution >= 0.6 is 11.8 Å². The average Bonchev–Trinajstić information content (AvgIpc) is 2.28. The number of hydrogen-bond donors (Lipinski definition) is 2. The molecule has 1 aromatic heterocycles. The van der Waals surface area contributed by atoms with E-state index in [0.29, 0.717) is 10.6 Å². The van der Waals surface area contributed by atoms with E-state index >= 15 is 0 Å². The molecular formula is C11H18N4S. The molecule has 0 unspecified atom stereocenters. The second kappa shape index (κ2) is 4.51. The van der Waals surface area contributed by atoms with Gasteiger partial charge in [0.25, 0.3) is 0 Å². The minimum absolute atomic E-state index is 0.298. The maximum atomic E-state index is 5.37. The van der Waals surface area contributed by atoms with Gasteiger partial charge in [-0.05, 0) is 26.0 Å². The van der Waals surface area contributed by atoms with Gasteiger partial charge in [0.15, 0.2) is 0 Å². The number of nitrogen functional groups attached to an aromatic ring is 1.